The van der Waals surface area contributed by atoms with Crippen LogP contribution in [0.1, 0.15) is 41.0 Å². The average molecular weight is 438 g/mol. The van der Waals surface area contributed by atoms with Crippen LogP contribution in [-0.4, -0.2) is 43.1 Å². The molecule has 1 unspecified atom stereocenters. The summed E-state index contributed by atoms with van der Waals surface area (Å²) in [5, 5.41) is 13.4. The second-order valence-electron chi connectivity index (χ2n) is 8.03. The summed E-state index contributed by atoms with van der Waals surface area (Å²) < 4.78 is 12.1. The highest BCUT2D eigenvalue weighted by molar-refractivity contribution is 9.10. The molecular weight excluding hydrogens is 406 g/mol. The molecule has 6 heteroatoms. The minimum atomic E-state index is -0.517. The molecule has 0 aliphatic rings. The molecule has 0 spiro atoms. The topological polar surface area (TPSA) is 50.7 Å². The van der Waals surface area contributed by atoms with Crippen LogP contribution in [0.5, 0.6) is 5.75 Å². The van der Waals surface area contributed by atoms with E-state index in [1.807, 2.05) is 24.3 Å². The van der Waals surface area contributed by atoms with Crippen molar-refractivity contribution in [1.29, 1.82) is 0 Å². The molecule has 0 aromatic heterocycles. The predicted octanol–water partition coefficient (Wildman–Crippen LogP) is 1.01. The van der Waals surface area contributed by atoms with Gasteiger partial charge in [-0.3, -0.25) is 0 Å². The summed E-state index contributed by atoms with van der Waals surface area (Å²) in [5.41, 5.74) is 0.242. The molecule has 2 N–H and O–H groups in total. The zero-order chi connectivity index (χ0) is 18.2. The molecule has 146 valence electrons. The summed E-state index contributed by atoms with van der Waals surface area (Å²) >= 11 is 3.38. The third-order valence-electron chi connectivity index (χ3n) is 3.41. The molecule has 0 amide bonds. The van der Waals surface area contributed by atoms with E-state index in [9.17, 15) is 5.11 Å². The maximum atomic E-state index is 10.0. The van der Waals surface area contributed by atoms with Gasteiger partial charge in [-0.05, 0) is 49.9 Å². The lowest BCUT2D eigenvalue weighted by Crippen LogP contribution is -3.00. The van der Waals surface area contributed by atoms with Gasteiger partial charge in [0.05, 0.1) is 19.3 Å². The Kier molecular flexibility index (Phi) is 11.2. The minimum Gasteiger partial charge on any atom is -1.00 e. The highest BCUT2D eigenvalue weighted by Crippen LogP contribution is 2.26. The van der Waals surface area contributed by atoms with Crippen molar-refractivity contribution in [2.45, 2.75) is 52.7 Å². The number of hydrogen-bond acceptors (Lipinski definition) is 4. The number of β-amino-alcohol motifs (C(OH)–C–C–N with tert-alkyl or cyclic N) is 1. The molecule has 0 fully saturated rings. The normalized spacial score (nSPS) is 13.2. The Bertz CT molecular complexity index is 475. The Morgan fingerprint density at radius 3 is 2.24 bits per heavy atom. The van der Waals surface area contributed by atoms with E-state index in [1.54, 1.807) is 0 Å². The Labute approximate surface area is 167 Å². The van der Waals surface area contributed by atoms with Gasteiger partial charge in [-0.15, -0.1) is 0 Å². The van der Waals surface area contributed by atoms with Crippen LogP contribution < -0.4 is 22.5 Å². The van der Waals surface area contributed by atoms with E-state index < -0.39 is 6.10 Å². The van der Waals surface area contributed by atoms with Crippen molar-refractivity contribution in [3.05, 3.63) is 28.7 Å². The first-order valence-corrected chi connectivity index (χ1v) is 9.26. The second-order valence-corrected chi connectivity index (χ2v) is 8.95. The van der Waals surface area contributed by atoms with E-state index in [4.69, 9.17) is 9.47 Å². The van der Waals surface area contributed by atoms with Gasteiger partial charge in [0.25, 0.3) is 0 Å². The second kappa shape index (κ2) is 11.4. The highest BCUT2D eigenvalue weighted by atomic mass is 79.9. The molecular formula is C19H32BrClNO3-. The van der Waals surface area contributed by atoms with Gasteiger partial charge >= 0.3 is 0 Å². The summed E-state index contributed by atoms with van der Waals surface area (Å²) in [6, 6.07) is 7.68. The molecule has 0 aliphatic heterocycles. The molecule has 1 rings (SSSR count). The van der Waals surface area contributed by atoms with Gasteiger partial charge in [0.2, 0.25) is 0 Å². The van der Waals surface area contributed by atoms with Crippen LogP contribution in [-0.2, 0) is 4.74 Å². The van der Waals surface area contributed by atoms with Crippen molar-refractivity contribution in [2.75, 3.05) is 26.4 Å². The first kappa shape index (κ1) is 24.7. The Morgan fingerprint density at radius 2 is 1.68 bits per heavy atom. The van der Waals surface area contributed by atoms with E-state index >= 15 is 0 Å². The number of hydrogen-bond donors (Lipinski definition) is 2. The van der Waals surface area contributed by atoms with Crippen LogP contribution in [0.3, 0.4) is 0 Å². The van der Waals surface area contributed by atoms with Gasteiger partial charge in [-0.2, -0.15) is 0 Å². The van der Waals surface area contributed by atoms with Gasteiger partial charge in [0.15, 0.2) is 0 Å². The lowest BCUT2D eigenvalue weighted by Gasteiger charge is -2.34. The molecule has 0 bridgehead atoms. The zero-order valence-corrected chi connectivity index (χ0v) is 18.3. The van der Waals surface area contributed by atoms with Crippen molar-refractivity contribution in [1.82, 2.24) is 5.32 Å². The lowest BCUT2D eigenvalue weighted by molar-refractivity contribution is -0.00000911. The molecule has 0 heterocycles. The van der Waals surface area contributed by atoms with Crippen LogP contribution in [0.25, 0.3) is 0 Å². The van der Waals surface area contributed by atoms with Crippen molar-refractivity contribution >= 4 is 15.9 Å². The third-order valence-corrected chi connectivity index (χ3v) is 3.94. The van der Waals surface area contributed by atoms with Crippen LogP contribution in [0.15, 0.2) is 28.7 Å². The highest BCUT2D eigenvalue weighted by Gasteiger charge is 2.25. The molecule has 0 saturated heterocycles. The van der Waals surface area contributed by atoms with Gasteiger partial charge in [0, 0.05) is 16.6 Å². The Morgan fingerprint density at radius 1 is 1.08 bits per heavy atom. The first-order valence-electron chi connectivity index (χ1n) is 8.47. The summed E-state index contributed by atoms with van der Waals surface area (Å²) in [5.74, 6) is 0.813. The Hall–Kier alpha value is -0.330. The largest absolute Gasteiger partial charge is 1.00 e. The number of ether oxygens (including phenoxy) is 2. The molecule has 1 aromatic carbocycles. The van der Waals surface area contributed by atoms with Gasteiger partial charge < -0.3 is 32.3 Å². The fraction of sp³-hybridized carbons (Fsp3) is 0.684. The van der Waals surface area contributed by atoms with Crippen molar-refractivity contribution in [2.24, 2.45) is 5.41 Å². The third kappa shape index (κ3) is 12.6. The van der Waals surface area contributed by atoms with Crippen LogP contribution >= 0.6 is 15.9 Å². The number of aliphatic hydroxyl groups excluding tert-OH is 1. The number of halogens is 2. The number of benzene rings is 1. The summed E-state index contributed by atoms with van der Waals surface area (Å²) in [7, 11) is 0. The van der Waals surface area contributed by atoms with Crippen molar-refractivity contribution in [3.8, 4) is 5.75 Å². The average Bonchev–Trinajstić information content (AvgIpc) is 2.44. The standard InChI is InChI=1S/C19H32BrNO3.ClH/c1-18(2,3)14-19(4,5)21-12-16(22)13-23-10-11-24-17-8-6-15(20)7-9-17;/h6-9,16,21-22H,10-14H2,1-5H3;1H/p-1. The summed E-state index contributed by atoms with van der Waals surface area (Å²) in [6.07, 6.45) is 0.520. The molecule has 25 heavy (non-hydrogen) atoms. The van der Waals surface area contributed by atoms with E-state index in [1.165, 1.54) is 0 Å². The molecule has 0 aliphatic carbocycles. The summed E-state index contributed by atoms with van der Waals surface area (Å²) in [6.45, 7) is 12.8. The smallest absolute Gasteiger partial charge is 0.119 e. The Balaban J connectivity index is 0.00000576. The number of rotatable bonds is 10. The lowest BCUT2D eigenvalue weighted by atomic mass is 9.82. The first-order chi connectivity index (χ1) is 11.1. The number of aliphatic hydroxyl groups is 1. The predicted molar refractivity (Wildman–Crippen MR) is 103 cm³/mol. The maximum Gasteiger partial charge on any atom is 0.119 e. The molecule has 1 aromatic rings. The van der Waals surface area contributed by atoms with Gasteiger partial charge in [-0.1, -0.05) is 36.7 Å². The molecule has 1 atom stereocenters. The fourth-order valence-corrected chi connectivity index (χ4v) is 3.07. The maximum absolute atomic E-state index is 10.0. The van der Waals surface area contributed by atoms with E-state index in [0.29, 0.717) is 26.4 Å². The quantitative estimate of drug-likeness (QED) is 0.537. The fourth-order valence-electron chi connectivity index (χ4n) is 2.81. The molecule has 0 radical (unpaired) electrons. The SMILES string of the molecule is CC(C)(C)CC(C)(C)NCC(O)COCCOc1ccc(Br)cc1.[Cl-]. The van der Waals surface area contributed by atoms with E-state index in [-0.39, 0.29) is 23.4 Å². The monoisotopic (exact) mass is 436 g/mol. The summed E-state index contributed by atoms with van der Waals surface area (Å²) in [4.78, 5) is 0. The molecule has 0 saturated carbocycles. The van der Waals surface area contributed by atoms with Gasteiger partial charge in [-0.25, -0.2) is 0 Å². The molecule has 4 nitrogen and oxygen atoms in total. The minimum absolute atomic E-state index is 0. The zero-order valence-electron chi connectivity index (χ0n) is 15.9. The van der Waals surface area contributed by atoms with Crippen molar-refractivity contribution < 1.29 is 27.0 Å². The number of nitrogens with one attached hydrogen (secondary N) is 1. The van der Waals surface area contributed by atoms with E-state index in [0.717, 1.165) is 16.6 Å². The van der Waals surface area contributed by atoms with Crippen LogP contribution in [0.2, 0.25) is 0 Å². The van der Waals surface area contributed by atoms with Gasteiger partial charge in [0.1, 0.15) is 12.4 Å². The van der Waals surface area contributed by atoms with E-state index in [2.05, 4.69) is 55.9 Å². The van der Waals surface area contributed by atoms with Crippen LogP contribution in [0.4, 0.5) is 0 Å². The van der Waals surface area contributed by atoms with Crippen LogP contribution in [0, 0.1) is 5.41 Å². The van der Waals surface area contributed by atoms with Crippen molar-refractivity contribution in [3.63, 3.8) is 0 Å².